The molecule has 0 saturated heterocycles. The minimum atomic E-state index is -0.616. The lowest BCUT2D eigenvalue weighted by atomic mass is 10.3. The molecule has 0 fully saturated rings. The van der Waals surface area contributed by atoms with E-state index in [1.165, 1.54) is 4.31 Å². The van der Waals surface area contributed by atoms with Gasteiger partial charge in [-0.15, -0.1) is 0 Å². The van der Waals surface area contributed by atoms with Crippen LogP contribution in [0.15, 0.2) is 30.3 Å². The fourth-order valence-electron chi connectivity index (χ4n) is 1.81. The maximum atomic E-state index is 11.9. The molecule has 0 aliphatic rings. The number of ether oxygens (including phenoxy) is 2. The number of para-hydroxylation sites is 1. The van der Waals surface area contributed by atoms with Crippen molar-refractivity contribution in [1.29, 1.82) is 0 Å². The van der Waals surface area contributed by atoms with Gasteiger partial charge in [0.05, 0.1) is 13.0 Å². The average Bonchev–Trinajstić information content (AvgIpc) is 2.65. The van der Waals surface area contributed by atoms with E-state index in [0.29, 0.717) is 31.3 Å². The molecule has 0 radical (unpaired) electrons. The Morgan fingerprint density at radius 3 is 2.56 bits per heavy atom. The van der Waals surface area contributed by atoms with Gasteiger partial charge in [-0.1, -0.05) is 30.4 Å². The molecule has 1 amide bonds. The first-order valence-electron chi connectivity index (χ1n) is 8.40. The van der Waals surface area contributed by atoms with Gasteiger partial charge < -0.3 is 14.3 Å². The van der Waals surface area contributed by atoms with E-state index in [0.717, 1.165) is 17.9 Å². The number of esters is 1. The molecule has 1 N–H and O–H groups in total. The van der Waals surface area contributed by atoms with Crippen molar-refractivity contribution in [3.05, 3.63) is 30.3 Å². The Morgan fingerprint density at radius 1 is 1.22 bits per heavy atom. The Kier molecular flexibility index (Phi) is 11.2. The van der Waals surface area contributed by atoms with Crippen molar-refractivity contribution in [2.75, 3.05) is 33.4 Å². The van der Waals surface area contributed by atoms with Gasteiger partial charge >= 0.3 is 12.1 Å². The Morgan fingerprint density at radius 2 is 1.93 bits per heavy atom. The highest BCUT2D eigenvalue weighted by Gasteiger charge is 2.18. The van der Waals surface area contributed by atoms with Crippen LogP contribution in [-0.2, 0) is 14.4 Å². The van der Waals surface area contributed by atoms with Gasteiger partial charge in [0.2, 0.25) is 0 Å². The summed E-state index contributed by atoms with van der Waals surface area (Å²) in [6.07, 6.45) is -0.416. The van der Waals surface area contributed by atoms with Gasteiger partial charge in [0.25, 0.3) is 0 Å². The Bertz CT molecular complexity index is 603. The van der Waals surface area contributed by atoms with Crippen molar-refractivity contribution in [3.8, 4) is 5.75 Å². The molecule has 0 unspecified atom stereocenters. The molecule has 0 aliphatic heterocycles. The molecule has 27 heavy (non-hydrogen) atoms. The average molecular weight is 416 g/mol. The largest absolute Gasteiger partial charge is 0.492 e. The van der Waals surface area contributed by atoms with Gasteiger partial charge in [0.15, 0.2) is 0 Å². The zero-order chi connectivity index (χ0) is 20.1. The number of hydrogen-bond acceptors (Lipinski definition) is 8. The first kappa shape index (κ1) is 23.0. The maximum Gasteiger partial charge on any atom is 0.444 e. The lowest BCUT2D eigenvalue weighted by molar-refractivity contribution is -0.143. The molecule has 0 spiro atoms. The van der Waals surface area contributed by atoms with Crippen LogP contribution in [0, 0.1) is 0 Å². The van der Waals surface area contributed by atoms with Crippen LogP contribution in [0.2, 0.25) is 0 Å². The second kappa shape index (κ2) is 13.2. The summed E-state index contributed by atoms with van der Waals surface area (Å²) in [5.41, 5.74) is 2.34. The molecule has 10 heteroatoms. The van der Waals surface area contributed by atoms with Gasteiger partial charge in [0.1, 0.15) is 17.3 Å². The quantitative estimate of drug-likeness (QED) is 0.268. The van der Waals surface area contributed by atoms with Crippen molar-refractivity contribution in [2.24, 2.45) is 0 Å². The summed E-state index contributed by atoms with van der Waals surface area (Å²) in [6.45, 7) is 4.95. The minimum absolute atomic E-state index is 0.201. The first-order valence-corrected chi connectivity index (χ1v) is 9.53. The van der Waals surface area contributed by atoms with E-state index in [1.807, 2.05) is 34.6 Å². The molecular formula is C17H25N3O5S2. The monoisotopic (exact) mass is 415 g/mol. The number of rotatable bonds is 10. The highest BCUT2D eigenvalue weighted by atomic mass is 32.2. The number of nitrogens with one attached hydrogen (secondary N) is 1. The number of benzene rings is 1. The van der Waals surface area contributed by atoms with E-state index in [-0.39, 0.29) is 12.4 Å². The predicted molar refractivity (Wildman–Crippen MR) is 108 cm³/mol. The second-order valence-corrected chi connectivity index (χ2v) is 7.09. The van der Waals surface area contributed by atoms with E-state index in [2.05, 4.69) is 5.48 Å². The third-order valence-electron chi connectivity index (χ3n) is 3.00. The van der Waals surface area contributed by atoms with Crippen LogP contribution in [0.4, 0.5) is 4.79 Å². The van der Waals surface area contributed by atoms with Crippen LogP contribution in [0.25, 0.3) is 0 Å². The van der Waals surface area contributed by atoms with E-state index in [1.54, 1.807) is 20.9 Å². The van der Waals surface area contributed by atoms with Crippen LogP contribution >= 0.6 is 24.4 Å². The third kappa shape index (κ3) is 10.6. The molecule has 150 valence electrons. The van der Waals surface area contributed by atoms with Crippen molar-refractivity contribution >= 4 is 41.4 Å². The van der Waals surface area contributed by atoms with Crippen LogP contribution < -0.4 is 10.2 Å². The zero-order valence-corrected chi connectivity index (χ0v) is 17.3. The maximum absolute atomic E-state index is 11.9. The molecule has 1 aromatic carbocycles. The van der Waals surface area contributed by atoms with Crippen molar-refractivity contribution in [1.82, 2.24) is 14.1 Å². The minimum Gasteiger partial charge on any atom is -0.492 e. The van der Waals surface area contributed by atoms with Gasteiger partial charge in [-0.3, -0.25) is 4.79 Å². The smallest absolute Gasteiger partial charge is 0.444 e. The van der Waals surface area contributed by atoms with Crippen LogP contribution in [0.5, 0.6) is 5.75 Å². The number of carbonyl (C=O) groups is 2. The highest BCUT2D eigenvalue weighted by molar-refractivity contribution is 7.95. The fourth-order valence-corrected chi connectivity index (χ4v) is 2.63. The second-order valence-electron chi connectivity index (χ2n) is 5.25. The van der Waals surface area contributed by atoms with E-state index in [4.69, 9.17) is 26.5 Å². The summed E-state index contributed by atoms with van der Waals surface area (Å²) in [6, 6.07) is 9.40. The van der Waals surface area contributed by atoms with Gasteiger partial charge in [-0.05, 0) is 26.0 Å². The highest BCUT2D eigenvalue weighted by Crippen LogP contribution is 2.16. The fraction of sp³-hybridized carbons (Fsp3) is 0.471. The molecule has 0 aromatic heterocycles. The topological polar surface area (TPSA) is 80.3 Å². The summed E-state index contributed by atoms with van der Waals surface area (Å²) in [7, 11) is 1.56. The number of amides is 1. The van der Waals surface area contributed by atoms with Crippen molar-refractivity contribution in [3.63, 3.8) is 0 Å². The summed E-state index contributed by atoms with van der Waals surface area (Å²) in [5, 5.41) is 0. The predicted octanol–water partition coefficient (Wildman–Crippen LogP) is 2.80. The van der Waals surface area contributed by atoms with Crippen LogP contribution in [0.3, 0.4) is 0 Å². The number of thiocarbonyl (C=S) groups is 1. The SMILES string of the molecule is CCOC(=O)CCN(CCOc1ccccc1)SN(C)C(=O)ONC(C)=S. The summed E-state index contributed by atoms with van der Waals surface area (Å²) in [5.74, 6) is 0.455. The summed E-state index contributed by atoms with van der Waals surface area (Å²) >= 11 is 5.92. The molecular weight excluding hydrogens is 390 g/mol. The Labute approximate surface area is 169 Å². The first-order chi connectivity index (χ1) is 12.9. The van der Waals surface area contributed by atoms with Crippen molar-refractivity contribution in [2.45, 2.75) is 20.3 Å². The van der Waals surface area contributed by atoms with E-state index >= 15 is 0 Å². The number of nitrogens with zero attached hydrogens (tertiary/aromatic N) is 2. The molecule has 0 heterocycles. The standard InChI is InChI=1S/C17H25N3O5S2/c1-4-23-16(21)10-11-20(12-13-24-15-8-6-5-7-9-15)27-19(3)17(22)25-18-14(2)26/h5-9H,4,10-13H2,1-3H3,(H,18,26). The van der Waals surface area contributed by atoms with Gasteiger partial charge in [0, 0.05) is 32.3 Å². The normalized spacial score (nSPS) is 10.2. The molecule has 8 nitrogen and oxygen atoms in total. The summed E-state index contributed by atoms with van der Waals surface area (Å²) < 4.78 is 13.7. The molecule has 0 saturated carbocycles. The van der Waals surface area contributed by atoms with Crippen LogP contribution in [0.1, 0.15) is 20.3 Å². The molecule has 1 rings (SSSR count). The lowest BCUT2D eigenvalue weighted by Gasteiger charge is -2.25. The van der Waals surface area contributed by atoms with Crippen molar-refractivity contribution < 1.29 is 23.9 Å². The van der Waals surface area contributed by atoms with Crippen LogP contribution in [-0.4, -0.2) is 59.0 Å². The number of carbonyl (C=O) groups excluding carboxylic acids is 2. The Hall–Kier alpha value is -2.04. The number of hydroxylamine groups is 1. The Balaban J connectivity index is 2.53. The third-order valence-corrected chi connectivity index (χ3v) is 4.07. The van der Waals surface area contributed by atoms with E-state index in [9.17, 15) is 9.59 Å². The lowest BCUT2D eigenvalue weighted by Crippen LogP contribution is -2.34. The summed E-state index contributed by atoms with van der Waals surface area (Å²) in [4.78, 5) is 28.7. The number of hydrogen-bond donors (Lipinski definition) is 1. The molecule has 0 aliphatic carbocycles. The van der Waals surface area contributed by atoms with Gasteiger partial charge in [-0.25, -0.2) is 18.9 Å². The van der Waals surface area contributed by atoms with E-state index < -0.39 is 6.09 Å². The molecule has 1 aromatic rings. The zero-order valence-electron chi connectivity index (χ0n) is 15.7. The van der Waals surface area contributed by atoms with Gasteiger partial charge in [-0.2, -0.15) is 0 Å². The molecule has 0 bridgehead atoms. The molecule has 0 atom stereocenters.